The van der Waals surface area contributed by atoms with E-state index in [9.17, 15) is 9.59 Å². The van der Waals surface area contributed by atoms with E-state index in [4.69, 9.17) is 0 Å². The molecular formula is C21H27N3O2. The van der Waals surface area contributed by atoms with Gasteiger partial charge in [-0.1, -0.05) is 42.8 Å². The Bertz CT molecular complexity index is 769. The van der Waals surface area contributed by atoms with Crippen molar-refractivity contribution in [3.8, 4) is 0 Å². The molecule has 5 heteroatoms. The number of nitrogens with zero attached hydrogens (tertiary/aromatic N) is 1. The Balaban J connectivity index is 1.87. The molecule has 138 valence electrons. The number of carbonyl (C=O) groups is 2. The molecule has 0 spiro atoms. The number of carbonyl (C=O) groups excluding carboxylic acids is 2. The fourth-order valence-electron chi connectivity index (χ4n) is 2.76. The van der Waals surface area contributed by atoms with Crippen molar-refractivity contribution in [2.45, 2.75) is 27.2 Å². The predicted molar refractivity (Wildman–Crippen MR) is 106 cm³/mol. The summed E-state index contributed by atoms with van der Waals surface area (Å²) in [6, 6.07) is 13.6. The summed E-state index contributed by atoms with van der Waals surface area (Å²) in [7, 11) is 1.76. The number of amides is 2. The normalized spacial score (nSPS) is 10.7. The van der Waals surface area contributed by atoms with Crippen molar-refractivity contribution in [3.63, 3.8) is 0 Å². The Kier molecular flexibility index (Phi) is 6.92. The molecule has 2 amide bonds. The second kappa shape index (κ2) is 9.15. The Morgan fingerprint density at radius 1 is 0.923 bits per heavy atom. The molecule has 2 aromatic carbocycles. The van der Waals surface area contributed by atoms with Crippen LogP contribution in [0.25, 0.3) is 0 Å². The van der Waals surface area contributed by atoms with Gasteiger partial charge in [0.2, 0.25) is 11.8 Å². The monoisotopic (exact) mass is 353 g/mol. The maximum absolute atomic E-state index is 12.3. The van der Waals surface area contributed by atoms with Crippen molar-refractivity contribution in [2.75, 3.05) is 30.8 Å². The molecule has 2 N–H and O–H groups in total. The SMILES string of the molecule is CCc1cccc(C)c1NC(=O)CN(C)CC(=O)Nc1ccc(C)cc1. The Morgan fingerprint density at radius 2 is 1.54 bits per heavy atom. The van der Waals surface area contributed by atoms with Crippen LogP contribution in [-0.2, 0) is 16.0 Å². The first-order valence-corrected chi connectivity index (χ1v) is 8.82. The second-order valence-electron chi connectivity index (χ2n) is 6.60. The van der Waals surface area contributed by atoms with Gasteiger partial charge in [0.05, 0.1) is 13.1 Å². The lowest BCUT2D eigenvalue weighted by Crippen LogP contribution is -2.36. The summed E-state index contributed by atoms with van der Waals surface area (Å²) < 4.78 is 0. The van der Waals surface area contributed by atoms with E-state index >= 15 is 0 Å². The quantitative estimate of drug-likeness (QED) is 0.802. The van der Waals surface area contributed by atoms with Crippen LogP contribution in [0.4, 0.5) is 11.4 Å². The van der Waals surface area contributed by atoms with Crippen molar-refractivity contribution in [1.82, 2.24) is 4.90 Å². The van der Waals surface area contributed by atoms with Gasteiger partial charge in [0.1, 0.15) is 0 Å². The molecule has 0 atom stereocenters. The number of likely N-dealkylation sites (N-methyl/N-ethyl adjacent to an activating group) is 1. The predicted octanol–water partition coefficient (Wildman–Crippen LogP) is 3.37. The minimum Gasteiger partial charge on any atom is -0.325 e. The third-order valence-electron chi connectivity index (χ3n) is 4.17. The summed E-state index contributed by atoms with van der Waals surface area (Å²) in [4.78, 5) is 26.2. The minimum atomic E-state index is -0.144. The van der Waals surface area contributed by atoms with Crippen LogP contribution in [0, 0.1) is 13.8 Å². The molecule has 0 aromatic heterocycles. The zero-order chi connectivity index (χ0) is 19.1. The van der Waals surface area contributed by atoms with Crippen molar-refractivity contribution >= 4 is 23.2 Å². The highest BCUT2D eigenvalue weighted by Gasteiger charge is 2.13. The van der Waals surface area contributed by atoms with Crippen molar-refractivity contribution in [1.29, 1.82) is 0 Å². The Labute approximate surface area is 155 Å². The van der Waals surface area contributed by atoms with Gasteiger partial charge in [-0.05, 0) is 50.6 Å². The molecule has 0 bridgehead atoms. The molecule has 0 unspecified atom stereocenters. The molecule has 0 saturated heterocycles. The van der Waals surface area contributed by atoms with E-state index in [1.165, 1.54) is 0 Å². The number of anilines is 2. The van der Waals surface area contributed by atoms with Crippen molar-refractivity contribution in [3.05, 3.63) is 59.2 Å². The van der Waals surface area contributed by atoms with Crippen LogP contribution < -0.4 is 10.6 Å². The van der Waals surface area contributed by atoms with Gasteiger partial charge < -0.3 is 10.6 Å². The van der Waals surface area contributed by atoms with E-state index in [0.29, 0.717) is 0 Å². The standard InChI is InChI=1S/C21H27N3O2/c1-5-17-8-6-7-16(3)21(17)23-20(26)14-24(4)13-19(25)22-18-11-9-15(2)10-12-18/h6-12H,5,13-14H2,1-4H3,(H,22,25)(H,23,26). The summed E-state index contributed by atoms with van der Waals surface area (Å²) in [5.41, 5.74) is 4.92. The molecule has 0 aliphatic carbocycles. The lowest BCUT2D eigenvalue weighted by Gasteiger charge is -2.18. The number of aryl methyl sites for hydroxylation is 3. The molecule has 5 nitrogen and oxygen atoms in total. The zero-order valence-corrected chi connectivity index (χ0v) is 15.9. The van der Waals surface area contributed by atoms with Crippen molar-refractivity contribution in [2.24, 2.45) is 0 Å². The average molecular weight is 353 g/mol. The van der Waals surface area contributed by atoms with Gasteiger partial charge in [-0.2, -0.15) is 0 Å². The second-order valence-corrected chi connectivity index (χ2v) is 6.60. The first-order valence-electron chi connectivity index (χ1n) is 8.82. The van der Waals surface area contributed by atoms with Gasteiger partial charge in [0.25, 0.3) is 0 Å². The van der Waals surface area contributed by atoms with Gasteiger partial charge in [0.15, 0.2) is 0 Å². The average Bonchev–Trinajstić information content (AvgIpc) is 2.58. The summed E-state index contributed by atoms with van der Waals surface area (Å²) in [6.07, 6.45) is 0.853. The summed E-state index contributed by atoms with van der Waals surface area (Å²) in [5, 5.41) is 5.82. The highest BCUT2D eigenvalue weighted by Crippen LogP contribution is 2.20. The van der Waals surface area contributed by atoms with Crippen LogP contribution in [0.3, 0.4) is 0 Å². The first-order chi connectivity index (χ1) is 12.4. The third kappa shape index (κ3) is 5.70. The molecule has 0 fully saturated rings. The molecule has 0 heterocycles. The van der Waals surface area contributed by atoms with Crippen LogP contribution >= 0.6 is 0 Å². The Hall–Kier alpha value is -2.66. The van der Waals surface area contributed by atoms with Crippen LogP contribution in [0.1, 0.15) is 23.6 Å². The van der Waals surface area contributed by atoms with Crippen molar-refractivity contribution < 1.29 is 9.59 Å². The third-order valence-corrected chi connectivity index (χ3v) is 4.17. The highest BCUT2D eigenvalue weighted by molar-refractivity contribution is 5.95. The van der Waals surface area contributed by atoms with Gasteiger partial charge in [-0.15, -0.1) is 0 Å². The molecular weight excluding hydrogens is 326 g/mol. The molecule has 26 heavy (non-hydrogen) atoms. The Morgan fingerprint density at radius 3 is 2.15 bits per heavy atom. The molecule has 0 radical (unpaired) electrons. The smallest absolute Gasteiger partial charge is 0.238 e. The summed E-state index contributed by atoms with van der Waals surface area (Å²) >= 11 is 0. The lowest BCUT2D eigenvalue weighted by atomic mass is 10.1. The maximum Gasteiger partial charge on any atom is 0.238 e. The largest absolute Gasteiger partial charge is 0.325 e. The van der Waals surface area contributed by atoms with Crippen LogP contribution in [0.15, 0.2) is 42.5 Å². The number of rotatable bonds is 7. The topological polar surface area (TPSA) is 61.4 Å². The maximum atomic E-state index is 12.3. The molecule has 0 aliphatic rings. The van der Waals surface area contributed by atoms with Gasteiger partial charge >= 0.3 is 0 Å². The first kappa shape index (κ1) is 19.7. The fraction of sp³-hybridized carbons (Fsp3) is 0.333. The minimum absolute atomic E-state index is 0.125. The van der Waals surface area contributed by atoms with E-state index < -0.39 is 0 Å². The molecule has 2 aromatic rings. The van der Waals surface area contributed by atoms with Crippen LogP contribution in [0.2, 0.25) is 0 Å². The van der Waals surface area contributed by atoms with Gasteiger partial charge in [-0.3, -0.25) is 14.5 Å². The van der Waals surface area contributed by atoms with E-state index in [-0.39, 0.29) is 24.9 Å². The van der Waals surface area contributed by atoms with Gasteiger partial charge in [-0.25, -0.2) is 0 Å². The van der Waals surface area contributed by atoms with E-state index in [1.54, 1.807) is 11.9 Å². The van der Waals surface area contributed by atoms with Crippen LogP contribution in [-0.4, -0.2) is 36.9 Å². The molecule has 2 rings (SSSR count). The summed E-state index contributed by atoms with van der Waals surface area (Å²) in [6.45, 7) is 6.34. The van der Waals surface area contributed by atoms with Crippen LogP contribution in [0.5, 0.6) is 0 Å². The fourth-order valence-corrected chi connectivity index (χ4v) is 2.76. The van der Waals surface area contributed by atoms with E-state index in [2.05, 4.69) is 17.6 Å². The summed E-state index contributed by atoms with van der Waals surface area (Å²) in [5.74, 6) is -0.270. The van der Waals surface area contributed by atoms with E-state index in [0.717, 1.165) is 34.5 Å². The number of hydrogen-bond donors (Lipinski definition) is 2. The molecule has 0 aliphatic heterocycles. The zero-order valence-electron chi connectivity index (χ0n) is 15.9. The number of nitrogens with one attached hydrogen (secondary N) is 2. The number of benzene rings is 2. The number of hydrogen-bond acceptors (Lipinski definition) is 3. The lowest BCUT2D eigenvalue weighted by molar-refractivity contribution is -0.119. The number of para-hydroxylation sites is 1. The van der Waals surface area contributed by atoms with Gasteiger partial charge in [0, 0.05) is 11.4 Å². The highest BCUT2D eigenvalue weighted by atomic mass is 16.2. The molecule has 0 saturated carbocycles. The van der Waals surface area contributed by atoms with E-state index in [1.807, 2.05) is 56.3 Å².